The predicted molar refractivity (Wildman–Crippen MR) is 86.5 cm³/mol. The average molecular weight is 339 g/mol. The summed E-state index contributed by atoms with van der Waals surface area (Å²) in [4.78, 5) is 5.70. The second-order valence-corrected chi connectivity index (χ2v) is 8.02. The quantitative estimate of drug-likeness (QED) is 0.854. The lowest BCUT2D eigenvalue weighted by molar-refractivity contribution is -0.0974. The maximum atomic E-state index is 6.32. The highest BCUT2D eigenvalue weighted by Gasteiger charge is 2.47. The predicted octanol–water partition coefficient (Wildman–Crippen LogP) is 3.98. The molecule has 22 heavy (non-hydrogen) atoms. The molecule has 1 fully saturated rings. The van der Waals surface area contributed by atoms with Gasteiger partial charge in [0.1, 0.15) is 11.4 Å². The van der Waals surface area contributed by atoms with Crippen LogP contribution in [-0.4, -0.2) is 17.6 Å². The molecule has 2 aliphatic heterocycles. The van der Waals surface area contributed by atoms with Crippen LogP contribution >= 0.6 is 22.9 Å². The van der Waals surface area contributed by atoms with E-state index < -0.39 is 0 Å². The van der Waals surface area contributed by atoms with Gasteiger partial charge in [-0.2, -0.15) is 0 Å². The van der Waals surface area contributed by atoms with Crippen LogP contribution in [0.5, 0.6) is 0 Å². The molecule has 1 saturated heterocycles. The minimum atomic E-state index is -0.261. The third-order valence-electron chi connectivity index (χ3n) is 4.54. The Bertz CT molecular complexity index is 698. The van der Waals surface area contributed by atoms with Crippen molar-refractivity contribution in [3.05, 3.63) is 38.7 Å². The van der Waals surface area contributed by atoms with E-state index in [0.29, 0.717) is 6.04 Å². The number of aromatic nitrogens is 1. The third-order valence-corrected chi connectivity index (χ3v) is 6.03. The van der Waals surface area contributed by atoms with Gasteiger partial charge in [-0.15, -0.1) is 11.3 Å². The minimum Gasteiger partial charge on any atom is -0.444 e. The Hall–Kier alpha value is -0.880. The Balaban J connectivity index is 1.72. The minimum absolute atomic E-state index is 0.0734. The molecular formula is C16H19ClN2O2S. The summed E-state index contributed by atoms with van der Waals surface area (Å²) in [5, 5.41) is 3.59. The highest BCUT2D eigenvalue weighted by atomic mass is 35.5. The molecule has 0 aromatic carbocycles. The Morgan fingerprint density at radius 1 is 1.45 bits per heavy atom. The summed E-state index contributed by atoms with van der Waals surface area (Å²) in [6.07, 6.45) is 4.51. The molecule has 118 valence electrons. The fraction of sp³-hybridized carbons (Fsp3) is 0.562. The fourth-order valence-electron chi connectivity index (χ4n) is 3.75. The van der Waals surface area contributed by atoms with Crippen molar-refractivity contribution in [2.75, 3.05) is 6.61 Å². The van der Waals surface area contributed by atoms with Gasteiger partial charge in [0.2, 0.25) is 5.89 Å². The van der Waals surface area contributed by atoms with E-state index in [4.69, 9.17) is 20.8 Å². The Morgan fingerprint density at radius 2 is 2.32 bits per heavy atom. The van der Waals surface area contributed by atoms with Gasteiger partial charge in [-0.05, 0) is 38.3 Å². The number of ether oxygens (including phenoxy) is 1. The molecular weight excluding hydrogens is 320 g/mol. The molecule has 2 aliphatic rings. The number of nitrogens with zero attached hydrogens (tertiary/aromatic N) is 1. The highest BCUT2D eigenvalue weighted by molar-refractivity contribution is 7.16. The fourth-order valence-corrected chi connectivity index (χ4v) is 5.22. The first-order valence-corrected chi connectivity index (χ1v) is 8.86. The van der Waals surface area contributed by atoms with Crippen molar-refractivity contribution in [2.24, 2.45) is 0 Å². The largest absolute Gasteiger partial charge is 0.444 e. The third kappa shape index (κ3) is 2.40. The van der Waals surface area contributed by atoms with Crippen LogP contribution in [-0.2, 0) is 16.8 Å². The molecule has 0 saturated carbocycles. The summed E-state index contributed by atoms with van der Waals surface area (Å²) in [7, 11) is 0. The number of rotatable bonds is 1. The first-order valence-electron chi connectivity index (χ1n) is 7.67. The van der Waals surface area contributed by atoms with E-state index in [1.54, 1.807) is 17.5 Å². The molecule has 1 N–H and O–H groups in total. The number of hydrogen-bond donors (Lipinski definition) is 1. The Kier molecular flexibility index (Phi) is 3.57. The second kappa shape index (κ2) is 5.34. The number of piperidine rings is 1. The van der Waals surface area contributed by atoms with Gasteiger partial charge in [-0.25, -0.2) is 4.98 Å². The van der Waals surface area contributed by atoms with Crippen LogP contribution in [0.1, 0.15) is 47.9 Å². The van der Waals surface area contributed by atoms with Crippen LogP contribution in [0.25, 0.3) is 0 Å². The standard InChI is InChI=1S/C16H19ClN2O2S/c1-9-6-16(7-12(19-9)15-18-8-10(2)21-15)14-11(3-4-20-16)5-13(17)22-14/h5,8-9,12,19H,3-4,6-7H2,1-2H3. The van der Waals surface area contributed by atoms with Gasteiger partial charge in [0.05, 0.1) is 23.2 Å². The van der Waals surface area contributed by atoms with Gasteiger partial charge >= 0.3 is 0 Å². The van der Waals surface area contributed by atoms with Crippen LogP contribution < -0.4 is 5.32 Å². The zero-order valence-corrected chi connectivity index (χ0v) is 14.3. The molecule has 6 heteroatoms. The number of fused-ring (bicyclic) bond motifs is 2. The molecule has 0 bridgehead atoms. The van der Waals surface area contributed by atoms with Crippen molar-refractivity contribution < 1.29 is 9.15 Å². The van der Waals surface area contributed by atoms with Crippen LogP contribution in [0.15, 0.2) is 16.7 Å². The van der Waals surface area contributed by atoms with Crippen molar-refractivity contribution in [1.29, 1.82) is 0 Å². The molecule has 1 spiro atoms. The summed E-state index contributed by atoms with van der Waals surface area (Å²) in [6, 6.07) is 2.50. The highest BCUT2D eigenvalue weighted by Crippen LogP contribution is 2.49. The van der Waals surface area contributed by atoms with Crippen LogP contribution in [0.2, 0.25) is 4.34 Å². The number of nitrogens with one attached hydrogen (secondary N) is 1. The zero-order chi connectivity index (χ0) is 15.3. The molecule has 2 aromatic rings. The maximum Gasteiger partial charge on any atom is 0.211 e. The molecule has 2 aromatic heterocycles. The maximum absolute atomic E-state index is 6.32. The molecule has 3 unspecified atom stereocenters. The number of hydrogen-bond acceptors (Lipinski definition) is 5. The lowest BCUT2D eigenvalue weighted by Gasteiger charge is -2.45. The van der Waals surface area contributed by atoms with E-state index in [2.05, 4.69) is 23.3 Å². The Labute approximate surface area is 138 Å². The van der Waals surface area contributed by atoms with E-state index >= 15 is 0 Å². The molecule has 0 amide bonds. The normalized spacial score (nSPS) is 31.4. The monoisotopic (exact) mass is 338 g/mol. The van der Waals surface area contributed by atoms with E-state index in [0.717, 1.165) is 41.9 Å². The van der Waals surface area contributed by atoms with Crippen molar-refractivity contribution in [3.8, 4) is 0 Å². The number of thiophene rings is 1. The van der Waals surface area contributed by atoms with Gasteiger partial charge in [0.15, 0.2) is 0 Å². The van der Waals surface area contributed by atoms with E-state index in [-0.39, 0.29) is 11.6 Å². The second-order valence-electron chi connectivity index (χ2n) is 6.34. The summed E-state index contributed by atoms with van der Waals surface area (Å²) in [6.45, 7) is 4.87. The topological polar surface area (TPSA) is 47.3 Å². The van der Waals surface area contributed by atoms with E-state index in [1.165, 1.54) is 10.4 Å². The SMILES string of the molecule is Cc1cnc(C2CC3(CC(C)N2)OCCc2cc(Cl)sc23)o1. The van der Waals surface area contributed by atoms with Gasteiger partial charge < -0.3 is 14.5 Å². The van der Waals surface area contributed by atoms with Crippen molar-refractivity contribution in [3.63, 3.8) is 0 Å². The molecule has 3 atom stereocenters. The zero-order valence-electron chi connectivity index (χ0n) is 12.7. The average Bonchev–Trinajstić information content (AvgIpc) is 3.04. The van der Waals surface area contributed by atoms with E-state index in [1.807, 2.05) is 6.92 Å². The van der Waals surface area contributed by atoms with Crippen molar-refractivity contribution >= 4 is 22.9 Å². The molecule has 4 nitrogen and oxygen atoms in total. The van der Waals surface area contributed by atoms with Gasteiger partial charge in [0, 0.05) is 17.3 Å². The van der Waals surface area contributed by atoms with Crippen LogP contribution in [0, 0.1) is 6.92 Å². The van der Waals surface area contributed by atoms with Crippen LogP contribution in [0.3, 0.4) is 0 Å². The van der Waals surface area contributed by atoms with Gasteiger partial charge in [-0.1, -0.05) is 11.6 Å². The summed E-state index contributed by atoms with van der Waals surface area (Å²) >= 11 is 7.92. The Morgan fingerprint density at radius 3 is 3.09 bits per heavy atom. The first-order chi connectivity index (χ1) is 10.6. The van der Waals surface area contributed by atoms with Gasteiger partial charge in [0.25, 0.3) is 0 Å². The molecule has 4 rings (SSSR count). The van der Waals surface area contributed by atoms with E-state index in [9.17, 15) is 0 Å². The molecule has 4 heterocycles. The summed E-state index contributed by atoms with van der Waals surface area (Å²) in [5.74, 6) is 1.59. The lowest BCUT2D eigenvalue weighted by atomic mass is 9.80. The van der Waals surface area contributed by atoms with Gasteiger partial charge in [-0.3, -0.25) is 0 Å². The molecule has 0 radical (unpaired) electrons. The summed E-state index contributed by atoms with van der Waals surface area (Å²) < 4.78 is 12.9. The van der Waals surface area contributed by atoms with Crippen molar-refractivity contribution in [2.45, 2.75) is 50.8 Å². The smallest absolute Gasteiger partial charge is 0.211 e. The van der Waals surface area contributed by atoms with Crippen LogP contribution in [0.4, 0.5) is 0 Å². The molecule has 0 aliphatic carbocycles. The number of halogens is 1. The lowest BCUT2D eigenvalue weighted by Crippen LogP contribution is -2.49. The first kappa shape index (κ1) is 14.7. The number of oxazole rings is 1. The summed E-state index contributed by atoms with van der Waals surface area (Å²) in [5.41, 5.74) is 1.08. The number of aryl methyl sites for hydroxylation is 1. The van der Waals surface area contributed by atoms with Crippen molar-refractivity contribution in [1.82, 2.24) is 10.3 Å².